The van der Waals surface area contributed by atoms with E-state index in [9.17, 15) is 0 Å². The first-order valence-corrected chi connectivity index (χ1v) is 7.98. The number of pyridine rings is 1. The molecule has 1 saturated heterocycles. The fourth-order valence-corrected chi connectivity index (χ4v) is 2.84. The van der Waals surface area contributed by atoms with E-state index in [1.807, 2.05) is 13.3 Å². The summed E-state index contributed by atoms with van der Waals surface area (Å²) in [5, 5.41) is 3.45. The SMILES string of the molecule is COC1(C)CCCN(c2ccnc(CNCC(C)C)c2)C1. The lowest BCUT2D eigenvalue weighted by molar-refractivity contribution is -0.00466. The minimum atomic E-state index is -0.0302. The first kappa shape index (κ1) is 16.2. The van der Waals surface area contributed by atoms with Gasteiger partial charge in [0.05, 0.1) is 11.3 Å². The molecule has 2 heterocycles. The van der Waals surface area contributed by atoms with Crippen molar-refractivity contribution in [2.45, 2.75) is 45.8 Å². The van der Waals surface area contributed by atoms with Gasteiger partial charge in [-0.3, -0.25) is 4.98 Å². The van der Waals surface area contributed by atoms with Crippen LogP contribution in [0.1, 0.15) is 39.3 Å². The third kappa shape index (κ3) is 4.68. The lowest BCUT2D eigenvalue weighted by Gasteiger charge is -2.40. The lowest BCUT2D eigenvalue weighted by atomic mass is 9.94. The molecule has 2 rings (SSSR count). The van der Waals surface area contributed by atoms with Gasteiger partial charge >= 0.3 is 0 Å². The number of nitrogens with zero attached hydrogens (tertiary/aromatic N) is 2. The van der Waals surface area contributed by atoms with Gasteiger partial charge in [0.2, 0.25) is 0 Å². The maximum absolute atomic E-state index is 5.68. The van der Waals surface area contributed by atoms with Crippen LogP contribution in [0.4, 0.5) is 5.69 Å². The zero-order valence-electron chi connectivity index (χ0n) is 13.9. The van der Waals surface area contributed by atoms with Gasteiger partial charge in [0.15, 0.2) is 0 Å². The summed E-state index contributed by atoms with van der Waals surface area (Å²) in [5.41, 5.74) is 2.34. The summed E-state index contributed by atoms with van der Waals surface area (Å²) in [6, 6.07) is 4.31. The van der Waals surface area contributed by atoms with Gasteiger partial charge in [-0.15, -0.1) is 0 Å². The number of nitrogens with one attached hydrogen (secondary N) is 1. The molecule has 118 valence electrons. The maximum Gasteiger partial charge on any atom is 0.0825 e. The van der Waals surface area contributed by atoms with E-state index >= 15 is 0 Å². The molecular weight excluding hydrogens is 262 g/mol. The molecule has 0 spiro atoms. The first-order valence-electron chi connectivity index (χ1n) is 7.98. The summed E-state index contributed by atoms with van der Waals surface area (Å²) in [7, 11) is 1.82. The summed E-state index contributed by atoms with van der Waals surface area (Å²) in [6.07, 6.45) is 4.22. The standard InChI is InChI=1S/C17H29N3O/c1-14(2)11-18-12-15-10-16(6-8-19-15)20-9-5-7-17(3,13-20)21-4/h6,8,10,14,18H,5,7,9,11-13H2,1-4H3. The highest BCUT2D eigenvalue weighted by molar-refractivity contribution is 5.47. The van der Waals surface area contributed by atoms with E-state index in [4.69, 9.17) is 4.74 Å². The van der Waals surface area contributed by atoms with Gasteiger partial charge in [0.1, 0.15) is 0 Å². The summed E-state index contributed by atoms with van der Waals surface area (Å²) in [6.45, 7) is 10.5. The van der Waals surface area contributed by atoms with Gasteiger partial charge in [-0.25, -0.2) is 0 Å². The number of methoxy groups -OCH3 is 1. The van der Waals surface area contributed by atoms with Crippen molar-refractivity contribution in [3.8, 4) is 0 Å². The van der Waals surface area contributed by atoms with Crippen molar-refractivity contribution in [1.82, 2.24) is 10.3 Å². The molecule has 0 aromatic carbocycles. The van der Waals surface area contributed by atoms with E-state index in [2.05, 4.69) is 48.1 Å². The molecule has 1 N–H and O–H groups in total. The van der Waals surface area contributed by atoms with Crippen LogP contribution in [0.2, 0.25) is 0 Å². The number of anilines is 1. The average molecular weight is 291 g/mol. The van der Waals surface area contributed by atoms with Crippen LogP contribution in [0.3, 0.4) is 0 Å². The van der Waals surface area contributed by atoms with Crippen LogP contribution in [-0.4, -0.2) is 37.3 Å². The second kappa shape index (κ2) is 7.23. The predicted octanol–water partition coefficient (Wildman–Crippen LogP) is 2.83. The van der Waals surface area contributed by atoms with E-state index < -0.39 is 0 Å². The largest absolute Gasteiger partial charge is 0.377 e. The summed E-state index contributed by atoms with van der Waals surface area (Å²) >= 11 is 0. The van der Waals surface area contributed by atoms with Crippen molar-refractivity contribution in [1.29, 1.82) is 0 Å². The summed E-state index contributed by atoms with van der Waals surface area (Å²) in [5.74, 6) is 0.665. The number of aromatic nitrogens is 1. The summed E-state index contributed by atoms with van der Waals surface area (Å²) < 4.78 is 5.68. The Bertz CT molecular complexity index is 449. The molecule has 0 radical (unpaired) electrons. The van der Waals surface area contributed by atoms with E-state index in [1.165, 1.54) is 12.1 Å². The molecule has 0 saturated carbocycles. The molecule has 21 heavy (non-hydrogen) atoms. The molecule has 1 unspecified atom stereocenters. The highest BCUT2D eigenvalue weighted by Gasteiger charge is 2.30. The first-order chi connectivity index (χ1) is 10.0. The minimum Gasteiger partial charge on any atom is -0.377 e. The van der Waals surface area contributed by atoms with Gasteiger partial charge in [-0.1, -0.05) is 13.8 Å². The van der Waals surface area contributed by atoms with Crippen molar-refractivity contribution < 1.29 is 4.74 Å². The predicted molar refractivity (Wildman–Crippen MR) is 87.6 cm³/mol. The molecule has 0 amide bonds. The second-order valence-corrected chi connectivity index (χ2v) is 6.71. The highest BCUT2D eigenvalue weighted by atomic mass is 16.5. The van der Waals surface area contributed by atoms with Crippen molar-refractivity contribution in [3.63, 3.8) is 0 Å². The van der Waals surface area contributed by atoms with E-state index in [0.29, 0.717) is 5.92 Å². The Labute approximate surface area is 128 Å². The molecule has 0 aliphatic carbocycles. The number of hydrogen-bond donors (Lipinski definition) is 1. The third-order valence-electron chi connectivity index (χ3n) is 4.18. The van der Waals surface area contributed by atoms with Gasteiger partial charge in [-0.2, -0.15) is 0 Å². The fourth-order valence-electron chi connectivity index (χ4n) is 2.84. The number of hydrogen-bond acceptors (Lipinski definition) is 4. The Balaban J connectivity index is 1.99. The van der Waals surface area contributed by atoms with Crippen LogP contribution in [0.15, 0.2) is 18.3 Å². The maximum atomic E-state index is 5.68. The second-order valence-electron chi connectivity index (χ2n) is 6.71. The molecule has 1 aromatic heterocycles. The lowest BCUT2D eigenvalue weighted by Crippen LogP contribution is -2.47. The van der Waals surface area contributed by atoms with Gasteiger partial charge in [0.25, 0.3) is 0 Å². The van der Waals surface area contributed by atoms with E-state index in [-0.39, 0.29) is 5.60 Å². The Morgan fingerprint density at radius 2 is 2.29 bits per heavy atom. The Morgan fingerprint density at radius 1 is 1.48 bits per heavy atom. The Hall–Kier alpha value is -1.13. The van der Waals surface area contributed by atoms with Crippen molar-refractivity contribution >= 4 is 5.69 Å². The molecule has 4 heteroatoms. The van der Waals surface area contributed by atoms with Crippen LogP contribution in [0.5, 0.6) is 0 Å². The van der Waals surface area contributed by atoms with Crippen LogP contribution in [0.25, 0.3) is 0 Å². The molecule has 1 atom stereocenters. The van der Waals surface area contributed by atoms with Crippen molar-refractivity contribution in [2.75, 3.05) is 31.6 Å². The van der Waals surface area contributed by atoms with Crippen LogP contribution in [0, 0.1) is 5.92 Å². The number of rotatable bonds is 6. The molecule has 1 aliphatic heterocycles. The fraction of sp³-hybridized carbons (Fsp3) is 0.706. The van der Waals surface area contributed by atoms with E-state index in [0.717, 1.165) is 38.3 Å². The quantitative estimate of drug-likeness (QED) is 0.874. The van der Waals surface area contributed by atoms with Gasteiger partial charge < -0.3 is 15.0 Å². The summed E-state index contributed by atoms with van der Waals surface area (Å²) in [4.78, 5) is 6.88. The minimum absolute atomic E-state index is 0.0302. The monoisotopic (exact) mass is 291 g/mol. The van der Waals surface area contributed by atoms with Crippen LogP contribution < -0.4 is 10.2 Å². The molecule has 1 aliphatic rings. The molecule has 1 aromatic rings. The van der Waals surface area contributed by atoms with Crippen molar-refractivity contribution in [3.05, 3.63) is 24.0 Å². The Morgan fingerprint density at radius 3 is 3.00 bits per heavy atom. The molecule has 1 fully saturated rings. The topological polar surface area (TPSA) is 37.4 Å². The highest BCUT2D eigenvalue weighted by Crippen LogP contribution is 2.28. The smallest absolute Gasteiger partial charge is 0.0825 e. The zero-order chi connectivity index (χ0) is 15.3. The zero-order valence-corrected chi connectivity index (χ0v) is 13.9. The van der Waals surface area contributed by atoms with E-state index in [1.54, 1.807) is 0 Å². The van der Waals surface area contributed by atoms with Crippen LogP contribution in [-0.2, 0) is 11.3 Å². The van der Waals surface area contributed by atoms with Crippen molar-refractivity contribution in [2.24, 2.45) is 5.92 Å². The normalized spacial score (nSPS) is 22.8. The molecule has 0 bridgehead atoms. The number of ether oxygens (including phenoxy) is 1. The van der Waals surface area contributed by atoms with Gasteiger partial charge in [0, 0.05) is 38.6 Å². The average Bonchev–Trinajstić information content (AvgIpc) is 2.47. The van der Waals surface area contributed by atoms with Gasteiger partial charge in [-0.05, 0) is 44.4 Å². The Kier molecular flexibility index (Phi) is 5.59. The number of piperidine rings is 1. The third-order valence-corrected chi connectivity index (χ3v) is 4.18. The molecular formula is C17H29N3O. The molecule has 4 nitrogen and oxygen atoms in total. The van der Waals surface area contributed by atoms with Crippen LogP contribution >= 0.6 is 0 Å².